The molecule has 0 unspecified atom stereocenters. The monoisotopic (exact) mass is 436 g/mol. The number of nitrogens with zero attached hydrogens (tertiary/aromatic N) is 3. The van der Waals surface area contributed by atoms with E-state index in [0.29, 0.717) is 50.3 Å². The van der Waals surface area contributed by atoms with E-state index in [2.05, 4.69) is 15.1 Å². The van der Waals surface area contributed by atoms with Crippen LogP contribution in [0.2, 0.25) is 0 Å². The smallest absolute Gasteiger partial charge is 0.395 e. The van der Waals surface area contributed by atoms with E-state index in [-0.39, 0.29) is 18.4 Å². The molecule has 0 radical (unpaired) electrons. The molecule has 0 aliphatic carbocycles. The van der Waals surface area contributed by atoms with Crippen LogP contribution in [0, 0.1) is 0 Å². The van der Waals surface area contributed by atoms with Crippen LogP contribution in [0.25, 0.3) is 0 Å². The molecule has 0 saturated carbocycles. The first kappa shape index (κ1) is 21.8. The Hall–Kier alpha value is -2.39. The van der Waals surface area contributed by atoms with E-state index in [1.807, 2.05) is 0 Å². The molecule has 2 aliphatic rings. The Labute approximate surface area is 179 Å². The molecule has 4 rings (SSSR count). The molecule has 3 heterocycles. The topological polar surface area (TPSA) is 72.5 Å². The van der Waals surface area contributed by atoms with Crippen LogP contribution in [0.15, 0.2) is 24.3 Å². The van der Waals surface area contributed by atoms with Crippen LogP contribution in [0.4, 0.5) is 13.2 Å². The Morgan fingerprint density at radius 3 is 2.65 bits per heavy atom. The Balaban J connectivity index is 1.46. The molecule has 168 valence electrons. The van der Waals surface area contributed by atoms with Gasteiger partial charge in [-0.2, -0.15) is 18.3 Å². The highest BCUT2D eigenvalue weighted by Gasteiger charge is 2.36. The number of aliphatic hydroxyl groups excluding tert-OH is 1. The predicted molar refractivity (Wildman–Crippen MR) is 109 cm³/mol. The van der Waals surface area contributed by atoms with Crippen molar-refractivity contribution >= 4 is 5.91 Å². The second kappa shape index (κ2) is 9.00. The van der Waals surface area contributed by atoms with Crippen molar-refractivity contribution in [2.75, 3.05) is 32.8 Å². The first-order valence-electron chi connectivity index (χ1n) is 10.7. The molecule has 1 saturated heterocycles. The summed E-state index contributed by atoms with van der Waals surface area (Å²) < 4.78 is 40.1. The van der Waals surface area contributed by atoms with E-state index in [1.165, 1.54) is 6.07 Å². The number of aromatic nitrogens is 2. The lowest BCUT2D eigenvalue weighted by Gasteiger charge is -2.33. The predicted octanol–water partition coefficient (Wildman–Crippen LogP) is 3.19. The zero-order chi connectivity index (χ0) is 22.0. The highest BCUT2D eigenvalue weighted by atomic mass is 19.4. The van der Waals surface area contributed by atoms with Gasteiger partial charge < -0.3 is 10.0 Å². The van der Waals surface area contributed by atoms with Gasteiger partial charge in [0, 0.05) is 37.4 Å². The van der Waals surface area contributed by atoms with Crippen LogP contribution >= 0.6 is 0 Å². The van der Waals surface area contributed by atoms with Crippen LogP contribution in [0.1, 0.15) is 58.1 Å². The average molecular weight is 436 g/mol. The number of benzene rings is 1. The van der Waals surface area contributed by atoms with Gasteiger partial charge in [-0.05, 0) is 49.8 Å². The number of rotatable bonds is 4. The minimum absolute atomic E-state index is 0.0589. The summed E-state index contributed by atoms with van der Waals surface area (Å²) in [5.41, 5.74) is 1.96. The lowest BCUT2D eigenvalue weighted by atomic mass is 9.86. The minimum Gasteiger partial charge on any atom is -0.395 e. The molecule has 0 atom stereocenters. The SMILES string of the molecule is O=C(c1n[nH]c2c1CN(CCO)CCC2)N1CCC(c2ccccc2C(F)(F)F)CC1. The van der Waals surface area contributed by atoms with E-state index in [1.54, 1.807) is 17.0 Å². The zero-order valence-electron chi connectivity index (χ0n) is 17.3. The van der Waals surface area contributed by atoms with Gasteiger partial charge in [-0.1, -0.05) is 18.2 Å². The molecule has 31 heavy (non-hydrogen) atoms. The number of aliphatic hydroxyl groups is 1. The minimum atomic E-state index is -4.38. The number of nitrogens with one attached hydrogen (secondary N) is 1. The summed E-state index contributed by atoms with van der Waals surface area (Å²) in [4.78, 5) is 17.0. The van der Waals surface area contributed by atoms with Crippen LogP contribution in [-0.4, -0.2) is 63.8 Å². The first-order valence-corrected chi connectivity index (χ1v) is 10.7. The van der Waals surface area contributed by atoms with Gasteiger partial charge in [0.1, 0.15) is 0 Å². The third-order valence-corrected chi connectivity index (χ3v) is 6.34. The Morgan fingerprint density at radius 2 is 1.94 bits per heavy atom. The summed E-state index contributed by atoms with van der Waals surface area (Å²) in [6.07, 6.45) is -1.68. The second-order valence-electron chi connectivity index (χ2n) is 8.28. The Morgan fingerprint density at radius 1 is 1.19 bits per heavy atom. The van der Waals surface area contributed by atoms with Crippen LogP contribution < -0.4 is 0 Å². The molecule has 2 N–H and O–H groups in total. The highest BCUT2D eigenvalue weighted by Crippen LogP contribution is 2.38. The zero-order valence-corrected chi connectivity index (χ0v) is 17.3. The van der Waals surface area contributed by atoms with Crippen molar-refractivity contribution in [1.82, 2.24) is 20.0 Å². The lowest BCUT2D eigenvalue weighted by Crippen LogP contribution is -2.39. The number of carbonyl (C=O) groups is 1. The number of amides is 1. The third-order valence-electron chi connectivity index (χ3n) is 6.34. The molecule has 0 spiro atoms. The molecule has 6 nitrogen and oxygen atoms in total. The normalized spacial score (nSPS) is 18.6. The largest absolute Gasteiger partial charge is 0.416 e. The number of carbonyl (C=O) groups excluding carboxylic acids is 1. The summed E-state index contributed by atoms with van der Waals surface area (Å²) in [6.45, 7) is 2.81. The highest BCUT2D eigenvalue weighted by molar-refractivity contribution is 5.94. The molecule has 1 fully saturated rings. The Kier molecular flexibility index (Phi) is 6.34. The van der Waals surface area contributed by atoms with Crippen molar-refractivity contribution in [3.63, 3.8) is 0 Å². The first-order chi connectivity index (χ1) is 14.9. The molecular formula is C22H27F3N4O2. The number of hydrogen-bond donors (Lipinski definition) is 2. The number of H-pyrrole nitrogens is 1. The van der Waals surface area contributed by atoms with Crippen molar-refractivity contribution in [1.29, 1.82) is 0 Å². The number of β-amino-alcohol motifs (C(OH)–C–C–N with tert-alkyl or cyclic N) is 1. The molecule has 2 aliphatic heterocycles. The Bertz CT molecular complexity index is 920. The van der Waals surface area contributed by atoms with Crippen molar-refractivity contribution < 1.29 is 23.1 Å². The van der Waals surface area contributed by atoms with Crippen LogP contribution in [0.5, 0.6) is 0 Å². The second-order valence-corrected chi connectivity index (χ2v) is 8.28. The summed E-state index contributed by atoms with van der Waals surface area (Å²) >= 11 is 0. The fraction of sp³-hybridized carbons (Fsp3) is 0.545. The lowest BCUT2D eigenvalue weighted by molar-refractivity contribution is -0.138. The number of aromatic amines is 1. The van der Waals surface area contributed by atoms with Crippen molar-refractivity contribution in [2.24, 2.45) is 0 Å². The quantitative estimate of drug-likeness (QED) is 0.772. The van der Waals surface area contributed by atoms with E-state index in [4.69, 9.17) is 0 Å². The number of alkyl halides is 3. The summed E-state index contributed by atoms with van der Waals surface area (Å²) in [6, 6.07) is 5.73. The summed E-state index contributed by atoms with van der Waals surface area (Å²) in [7, 11) is 0. The maximum atomic E-state index is 13.4. The molecule has 1 aromatic carbocycles. The number of piperidine rings is 1. The van der Waals surface area contributed by atoms with Gasteiger partial charge >= 0.3 is 6.18 Å². The molecule has 9 heteroatoms. The molecular weight excluding hydrogens is 409 g/mol. The fourth-order valence-corrected chi connectivity index (χ4v) is 4.72. The van der Waals surface area contributed by atoms with Gasteiger partial charge in [0.25, 0.3) is 5.91 Å². The van der Waals surface area contributed by atoms with Crippen LogP contribution in [0.3, 0.4) is 0 Å². The van der Waals surface area contributed by atoms with Crippen molar-refractivity contribution in [3.05, 3.63) is 52.3 Å². The number of fused-ring (bicyclic) bond motifs is 1. The summed E-state index contributed by atoms with van der Waals surface area (Å²) in [5, 5.41) is 16.5. The van der Waals surface area contributed by atoms with Gasteiger partial charge in [0.15, 0.2) is 5.69 Å². The van der Waals surface area contributed by atoms with E-state index < -0.39 is 11.7 Å². The van der Waals surface area contributed by atoms with Gasteiger partial charge in [-0.25, -0.2) is 0 Å². The van der Waals surface area contributed by atoms with Gasteiger partial charge in [0.05, 0.1) is 12.2 Å². The molecule has 2 aromatic rings. The summed E-state index contributed by atoms with van der Waals surface area (Å²) in [5.74, 6) is -0.399. The standard InChI is InChI=1S/C22H27F3N4O2/c23-22(24,25)18-5-2-1-4-16(18)15-7-10-29(11-8-15)21(31)20-17-14-28(12-13-30)9-3-6-19(17)26-27-20/h1-2,4-5,15,30H,3,6-14H2,(H,26,27). The van der Waals surface area contributed by atoms with Crippen LogP contribution in [-0.2, 0) is 19.1 Å². The van der Waals surface area contributed by atoms with E-state index in [9.17, 15) is 23.1 Å². The van der Waals surface area contributed by atoms with E-state index in [0.717, 1.165) is 36.7 Å². The number of halogens is 3. The number of likely N-dealkylation sites (tertiary alicyclic amines) is 1. The average Bonchev–Trinajstić information content (AvgIpc) is 3.04. The maximum Gasteiger partial charge on any atom is 0.416 e. The third kappa shape index (κ3) is 4.62. The van der Waals surface area contributed by atoms with Crippen molar-refractivity contribution in [3.8, 4) is 0 Å². The van der Waals surface area contributed by atoms with Gasteiger partial charge in [-0.15, -0.1) is 0 Å². The van der Waals surface area contributed by atoms with Gasteiger partial charge in [0.2, 0.25) is 0 Å². The molecule has 0 bridgehead atoms. The molecule has 1 aromatic heterocycles. The number of aryl methyl sites for hydroxylation is 1. The molecule has 1 amide bonds. The van der Waals surface area contributed by atoms with E-state index >= 15 is 0 Å². The number of hydrogen-bond acceptors (Lipinski definition) is 4. The fourth-order valence-electron chi connectivity index (χ4n) is 4.72. The maximum absolute atomic E-state index is 13.4. The van der Waals surface area contributed by atoms with Crippen molar-refractivity contribution in [2.45, 2.75) is 44.3 Å². The van der Waals surface area contributed by atoms with Gasteiger partial charge in [-0.3, -0.25) is 14.8 Å².